The summed E-state index contributed by atoms with van der Waals surface area (Å²) < 4.78 is 5.14. The van der Waals surface area contributed by atoms with Crippen LogP contribution in [0.2, 0.25) is 0 Å². The van der Waals surface area contributed by atoms with Gasteiger partial charge in [-0.15, -0.1) is 0 Å². The number of hydrogen-bond donors (Lipinski definition) is 2. The summed E-state index contributed by atoms with van der Waals surface area (Å²) in [5, 5.41) is 11.6. The molecule has 0 unspecified atom stereocenters. The molecule has 4 aromatic carbocycles. The van der Waals surface area contributed by atoms with Crippen molar-refractivity contribution >= 4 is 16.5 Å². The van der Waals surface area contributed by atoms with Gasteiger partial charge in [-0.1, -0.05) is 72.8 Å². The van der Waals surface area contributed by atoms with E-state index in [4.69, 9.17) is 10.2 Å². The lowest BCUT2D eigenvalue weighted by Gasteiger charge is -2.13. The van der Waals surface area contributed by atoms with Gasteiger partial charge in [0.15, 0.2) is 6.39 Å². The number of fused-ring (bicyclic) bond motifs is 1. The second-order valence-corrected chi connectivity index (χ2v) is 7.33. The van der Waals surface area contributed by atoms with E-state index < -0.39 is 0 Å². The highest BCUT2D eigenvalue weighted by molar-refractivity contribution is 6.05. The highest BCUT2D eigenvalue weighted by atomic mass is 16.3. The minimum Gasteiger partial charge on any atom is -0.513 e. The second-order valence-electron chi connectivity index (χ2n) is 7.33. The minimum absolute atomic E-state index is 0.340. The normalized spacial score (nSPS) is 11.7. The van der Waals surface area contributed by atoms with Crippen molar-refractivity contribution in [2.24, 2.45) is 5.73 Å². The number of hydrogen-bond acceptors (Lipinski definition) is 4. The van der Waals surface area contributed by atoms with Crippen LogP contribution in [0.15, 0.2) is 108 Å². The summed E-state index contributed by atoms with van der Waals surface area (Å²) in [5.41, 5.74) is 13.3. The molecule has 4 heteroatoms. The lowest BCUT2D eigenvalue weighted by molar-refractivity contribution is 0.475. The molecular formula is C27H20N2O2. The number of aliphatic hydroxyl groups is 1. The third-order valence-corrected chi connectivity index (χ3v) is 5.47. The molecule has 3 N–H and O–H groups in total. The number of rotatable bonds is 4. The van der Waals surface area contributed by atoms with Crippen molar-refractivity contribution in [3.05, 3.63) is 109 Å². The lowest BCUT2D eigenvalue weighted by atomic mass is 9.91. The highest BCUT2D eigenvalue weighted by Crippen LogP contribution is 2.37. The molecule has 1 aromatic heterocycles. The fourth-order valence-corrected chi connectivity index (χ4v) is 3.94. The summed E-state index contributed by atoms with van der Waals surface area (Å²) in [6, 6.07) is 28.9. The average molecular weight is 404 g/mol. The summed E-state index contributed by atoms with van der Waals surface area (Å²) in [6.07, 6.45) is 4.03. The Hall–Kier alpha value is -4.31. The Morgan fingerprint density at radius 3 is 2.06 bits per heavy atom. The van der Waals surface area contributed by atoms with Crippen LogP contribution in [0.3, 0.4) is 0 Å². The third-order valence-electron chi connectivity index (χ3n) is 5.47. The predicted octanol–water partition coefficient (Wildman–Crippen LogP) is 6.64. The van der Waals surface area contributed by atoms with Gasteiger partial charge in [0.2, 0.25) is 0 Å². The first-order chi connectivity index (χ1) is 15.2. The molecule has 1 heterocycles. The van der Waals surface area contributed by atoms with Crippen LogP contribution >= 0.6 is 0 Å². The van der Waals surface area contributed by atoms with Crippen LogP contribution in [-0.4, -0.2) is 10.1 Å². The number of aromatic nitrogens is 1. The standard InChI is InChI=1S/C27H20N2O2/c28-26(15-30)20-7-3-5-18(13-20)22-11-12-23(25-10-2-1-9-24(22)25)19-6-4-8-21(14-19)27-16-31-17-29-27/h1-17,30H,28H2/b26-15-. The Kier molecular flexibility index (Phi) is 4.73. The fourth-order valence-electron chi connectivity index (χ4n) is 3.94. The average Bonchev–Trinajstić information content (AvgIpc) is 3.38. The molecule has 4 nitrogen and oxygen atoms in total. The van der Waals surface area contributed by atoms with E-state index in [0.717, 1.165) is 56.1 Å². The van der Waals surface area contributed by atoms with Gasteiger partial charge in [0.05, 0.1) is 5.70 Å². The van der Waals surface area contributed by atoms with Crippen molar-refractivity contribution in [1.29, 1.82) is 0 Å². The Bertz CT molecular complexity index is 1400. The van der Waals surface area contributed by atoms with Crippen molar-refractivity contribution in [1.82, 2.24) is 4.98 Å². The van der Waals surface area contributed by atoms with Crippen LogP contribution in [0.4, 0.5) is 0 Å². The summed E-state index contributed by atoms with van der Waals surface area (Å²) in [4.78, 5) is 4.27. The van der Waals surface area contributed by atoms with E-state index in [9.17, 15) is 5.11 Å². The minimum atomic E-state index is 0.340. The van der Waals surface area contributed by atoms with E-state index in [1.807, 2.05) is 36.4 Å². The number of aliphatic hydroxyl groups excluding tert-OH is 1. The second kappa shape index (κ2) is 7.84. The third kappa shape index (κ3) is 3.45. The van der Waals surface area contributed by atoms with Gasteiger partial charge < -0.3 is 15.3 Å². The molecular weight excluding hydrogens is 384 g/mol. The largest absolute Gasteiger partial charge is 0.513 e. The quantitative estimate of drug-likeness (QED) is 0.329. The molecule has 5 aromatic rings. The van der Waals surface area contributed by atoms with Crippen LogP contribution in [0.5, 0.6) is 0 Å². The first-order valence-corrected chi connectivity index (χ1v) is 9.96. The Morgan fingerprint density at radius 2 is 1.42 bits per heavy atom. The van der Waals surface area contributed by atoms with Crippen LogP contribution in [-0.2, 0) is 0 Å². The highest BCUT2D eigenvalue weighted by Gasteiger charge is 2.11. The molecule has 0 bridgehead atoms. The number of nitrogens with two attached hydrogens (primary N) is 1. The first-order valence-electron chi connectivity index (χ1n) is 9.96. The van der Waals surface area contributed by atoms with Crippen LogP contribution in [0.25, 0.3) is 50.0 Å². The molecule has 0 aliphatic carbocycles. The van der Waals surface area contributed by atoms with Gasteiger partial charge in [0.25, 0.3) is 0 Å². The molecule has 31 heavy (non-hydrogen) atoms. The van der Waals surface area contributed by atoms with E-state index in [-0.39, 0.29) is 0 Å². The smallest absolute Gasteiger partial charge is 0.181 e. The van der Waals surface area contributed by atoms with Gasteiger partial charge in [0, 0.05) is 11.1 Å². The molecule has 0 radical (unpaired) electrons. The summed E-state index contributed by atoms with van der Waals surface area (Å²) in [6.45, 7) is 0. The van der Waals surface area contributed by atoms with E-state index in [0.29, 0.717) is 5.70 Å². The zero-order valence-electron chi connectivity index (χ0n) is 16.7. The Labute approximate surface area is 179 Å². The number of benzene rings is 4. The summed E-state index contributed by atoms with van der Waals surface area (Å²) in [5.74, 6) is 0. The van der Waals surface area contributed by atoms with E-state index >= 15 is 0 Å². The maximum atomic E-state index is 9.28. The molecule has 0 aliphatic rings. The maximum Gasteiger partial charge on any atom is 0.181 e. The number of oxazole rings is 1. The SMILES string of the molecule is N/C(=C\O)c1cccc(-c2ccc(-c3cccc(-c4cocn4)c3)c3ccccc23)c1. The monoisotopic (exact) mass is 404 g/mol. The molecule has 0 fully saturated rings. The zero-order valence-corrected chi connectivity index (χ0v) is 16.7. The zero-order chi connectivity index (χ0) is 21.2. The molecule has 0 saturated heterocycles. The molecule has 150 valence electrons. The Balaban J connectivity index is 1.67. The van der Waals surface area contributed by atoms with Gasteiger partial charge in [0.1, 0.15) is 18.2 Å². The van der Waals surface area contributed by atoms with Crippen LogP contribution in [0.1, 0.15) is 5.56 Å². The molecule has 0 aliphatic heterocycles. The Morgan fingerprint density at radius 1 is 0.774 bits per heavy atom. The van der Waals surface area contributed by atoms with Gasteiger partial charge in [-0.2, -0.15) is 0 Å². The van der Waals surface area contributed by atoms with Gasteiger partial charge >= 0.3 is 0 Å². The lowest BCUT2D eigenvalue weighted by Crippen LogP contribution is -1.96. The molecule has 0 amide bonds. The van der Waals surface area contributed by atoms with E-state index in [1.165, 1.54) is 6.39 Å². The summed E-state index contributed by atoms with van der Waals surface area (Å²) >= 11 is 0. The van der Waals surface area contributed by atoms with Gasteiger partial charge in [-0.05, 0) is 45.2 Å². The van der Waals surface area contributed by atoms with Gasteiger partial charge in [-0.25, -0.2) is 4.98 Å². The maximum absolute atomic E-state index is 9.28. The molecule has 0 spiro atoms. The topological polar surface area (TPSA) is 72.3 Å². The first kappa shape index (κ1) is 18.7. The summed E-state index contributed by atoms with van der Waals surface area (Å²) in [7, 11) is 0. The predicted molar refractivity (Wildman–Crippen MR) is 125 cm³/mol. The molecule has 0 saturated carbocycles. The van der Waals surface area contributed by atoms with Crippen molar-refractivity contribution < 1.29 is 9.52 Å². The number of nitrogens with zero attached hydrogens (tertiary/aromatic N) is 1. The van der Waals surface area contributed by atoms with E-state index in [2.05, 4.69) is 53.5 Å². The van der Waals surface area contributed by atoms with E-state index in [1.54, 1.807) is 6.26 Å². The van der Waals surface area contributed by atoms with Crippen molar-refractivity contribution in [3.63, 3.8) is 0 Å². The fraction of sp³-hybridized carbons (Fsp3) is 0. The van der Waals surface area contributed by atoms with Crippen molar-refractivity contribution in [2.75, 3.05) is 0 Å². The van der Waals surface area contributed by atoms with Crippen LogP contribution in [0, 0.1) is 0 Å². The van der Waals surface area contributed by atoms with Crippen molar-refractivity contribution in [2.45, 2.75) is 0 Å². The van der Waals surface area contributed by atoms with Gasteiger partial charge in [-0.3, -0.25) is 0 Å². The van der Waals surface area contributed by atoms with Crippen LogP contribution < -0.4 is 5.73 Å². The molecule has 0 atom stereocenters. The van der Waals surface area contributed by atoms with Crippen molar-refractivity contribution in [3.8, 4) is 33.5 Å². The molecule has 5 rings (SSSR count).